The number of rotatable bonds is 5. The molecule has 0 unspecified atom stereocenters. The fraction of sp³-hybridized carbons (Fsp3) is 0.625. The first-order valence-electron chi connectivity index (χ1n) is 7.62. The van der Waals surface area contributed by atoms with Crippen molar-refractivity contribution in [3.8, 4) is 5.75 Å². The maximum atomic E-state index is 8.80. The van der Waals surface area contributed by atoms with Gasteiger partial charge in [0, 0.05) is 17.1 Å². The molecular weight excluding hydrogens is 288 g/mol. The highest BCUT2D eigenvalue weighted by Crippen LogP contribution is 2.25. The van der Waals surface area contributed by atoms with E-state index < -0.39 is 0 Å². The molecule has 1 aromatic carbocycles. The molecule has 4 nitrogen and oxygen atoms in total. The molecule has 0 aromatic heterocycles. The fourth-order valence-corrected chi connectivity index (χ4v) is 2.34. The van der Waals surface area contributed by atoms with Crippen LogP contribution in [-0.4, -0.2) is 43.4 Å². The topological polar surface area (TPSA) is 58.7 Å². The second kappa shape index (κ2) is 12.9. The van der Waals surface area contributed by atoms with Gasteiger partial charge in [-0.3, -0.25) is 4.90 Å². The maximum absolute atomic E-state index is 8.80. The number of aliphatic hydroxyl groups excluding tert-OH is 1. The number of hydrogen-bond acceptors (Lipinski definition) is 4. The Balaban J connectivity index is 0.000000921. The van der Waals surface area contributed by atoms with Gasteiger partial charge in [-0.15, -0.1) is 0 Å². The van der Waals surface area contributed by atoms with Crippen LogP contribution in [0.1, 0.15) is 32.3 Å². The van der Waals surface area contributed by atoms with Gasteiger partial charge in [-0.2, -0.15) is 0 Å². The van der Waals surface area contributed by atoms with Gasteiger partial charge in [0.1, 0.15) is 12.4 Å². The molecule has 2 rings (SSSR count). The van der Waals surface area contributed by atoms with Gasteiger partial charge in [-0.25, -0.2) is 0 Å². The number of ether oxygens (including phenoxy) is 1. The standard InChI is InChI=1S/C13H18ClNO2.C2H6.CH5N/c14-12-3-4-13(17-8-7-16)11(9-12)10-15-5-1-2-6-15;2*1-2/h3-4,9,16H,1-2,5-8,10H2;1-2H3;2H2,1H3. The lowest BCUT2D eigenvalue weighted by Crippen LogP contribution is -2.19. The van der Waals surface area contributed by atoms with E-state index in [1.807, 2.05) is 32.0 Å². The summed E-state index contributed by atoms with van der Waals surface area (Å²) >= 11 is 6.01. The summed E-state index contributed by atoms with van der Waals surface area (Å²) in [6, 6.07) is 5.65. The van der Waals surface area contributed by atoms with Gasteiger partial charge in [-0.05, 0) is 51.2 Å². The van der Waals surface area contributed by atoms with Crippen LogP contribution in [-0.2, 0) is 6.54 Å². The third-order valence-corrected chi connectivity index (χ3v) is 3.20. The molecule has 1 aliphatic rings. The van der Waals surface area contributed by atoms with Crippen molar-refractivity contribution in [3.05, 3.63) is 28.8 Å². The second-order valence-electron chi connectivity index (χ2n) is 4.31. The molecule has 1 heterocycles. The van der Waals surface area contributed by atoms with E-state index in [4.69, 9.17) is 21.4 Å². The van der Waals surface area contributed by atoms with Crippen molar-refractivity contribution in [2.45, 2.75) is 33.2 Å². The summed E-state index contributed by atoms with van der Waals surface area (Å²) < 4.78 is 5.52. The summed E-state index contributed by atoms with van der Waals surface area (Å²) in [4.78, 5) is 2.40. The summed E-state index contributed by atoms with van der Waals surface area (Å²) in [5.74, 6) is 0.829. The van der Waals surface area contributed by atoms with E-state index in [0.29, 0.717) is 6.61 Å². The van der Waals surface area contributed by atoms with E-state index in [1.165, 1.54) is 19.9 Å². The lowest BCUT2D eigenvalue weighted by atomic mass is 10.2. The van der Waals surface area contributed by atoms with Gasteiger partial charge in [0.15, 0.2) is 0 Å². The van der Waals surface area contributed by atoms with E-state index in [0.717, 1.165) is 36.0 Å². The Bertz CT molecular complexity index is 369. The Hall–Kier alpha value is -0.810. The number of benzene rings is 1. The molecule has 0 amide bonds. The third-order valence-electron chi connectivity index (χ3n) is 2.96. The Labute approximate surface area is 133 Å². The van der Waals surface area contributed by atoms with E-state index in [9.17, 15) is 0 Å². The number of halogens is 1. The largest absolute Gasteiger partial charge is 0.491 e. The first-order valence-corrected chi connectivity index (χ1v) is 7.99. The summed E-state index contributed by atoms with van der Waals surface area (Å²) in [6.45, 7) is 7.53. The van der Waals surface area contributed by atoms with Crippen molar-refractivity contribution in [2.24, 2.45) is 5.73 Å². The van der Waals surface area contributed by atoms with Gasteiger partial charge in [0.25, 0.3) is 0 Å². The van der Waals surface area contributed by atoms with Crippen molar-refractivity contribution in [1.82, 2.24) is 4.90 Å². The van der Waals surface area contributed by atoms with Crippen LogP contribution in [0, 0.1) is 0 Å². The lowest BCUT2D eigenvalue weighted by Gasteiger charge is -2.17. The van der Waals surface area contributed by atoms with Crippen molar-refractivity contribution in [3.63, 3.8) is 0 Å². The average molecular weight is 317 g/mol. The van der Waals surface area contributed by atoms with Crippen LogP contribution >= 0.6 is 11.6 Å². The Morgan fingerprint density at radius 2 is 1.86 bits per heavy atom. The highest BCUT2D eigenvalue weighted by atomic mass is 35.5. The summed E-state index contributed by atoms with van der Waals surface area (Å²) in [6.07, 6.45) is 2.54. The van der Waals surface area contributed by atoms with Crippen molar-refractivity contribution in [2.75, 3.05) is 33.4 Å². The van der Waals surface area contributed by atoms with Gasteiger partial charge < -0.3 is 15.6 Å². The first kappa shape index (κ1) is 20.2. The minimum absolute atomic E-state index is 0.0335. The molecule has 1 saturated heterocycles. The highest BCUT2D eigenvalue weighted by molar-refractivity contribution is 6.30. The SMILES string of the molecule is CC.CN.OCCOc1ccc(Cl)cc1CN1CCCC1. The van der Waals surface area contributed by atoms with Crippen LogP contribution in [0.2, 0.25) is 5.02 Å². The van der Waals surface area contributed by atoms with Crippen LogP contribution in [0.25, 0.3) is 0 Å². The number of nitrogens with two attached hydrogens (primary N) is 1. The quantitative estimate of drug-likeness (QED) is 0.877. The minimum Gasteiger partial charge on any atom is -0.491 e. The van der Waals surface area contributed by atoms with Crippen LogP contribution in [0.15, 0.2) is 18.2 Å². The van der Waals surface area contributed by atoms with Gasteiger partial charge in [0.05, 0.1) is 6.61 Å². The molecule has 0 aliphatic carbocycles. The first-order chi connectivity index (χ1) is 10.3. The zero-order valence-corrected chi connectivity index (χ0v) is 14.2. The molecule has 0 saturated carbocycles. The zero-order valence-electron chi connectivity index (χ0n) is 13.4. The summed E-state index contributed by atoms with van der Waals surface area (Å²) in [5, 5.41) is 9.53. The monoisotopic (exact) mass is 316 g/mol. The number of likely N-dealkylation sites (tertiary alicyclic amines) is 1. The smallest absolute Gasteiger partial charge is 0.124 e. The normalized spacial score (nSPS) is 13.8. The molecule has 122 valence electrons. The number of aliphatic hydroxyl groups is 1. The van der Waals surface area contributed by atoms with Crippen molar-refractivity contribution >= 4 is 11.6 Å². The van der Waals surface area contributed by atoms with E-state index in [-0.39, 0.29) is 6.61 Å². The fourth-order valence-electron chi connectivity index (χ4n) is 2.15. The predicted octanol–water partition coefficient (Wildman–Crippen LogP) is 2.91. The van der Waals surface area contributed by atoms with Crippen LogP contribution in [0.5, 0.6) is 5.75 Å². The summed E-state index contributed by atoms with van der Waals surface area (Å²) in [5.41, 5.74) is 5.60. The predicted molar refractivity (Wildman–Crippen MR) is 90.0 cm³/mol. The van der Waals surface area contributed by atoms with Crippen LogP contribution in [0.3, 0.4) is 0 Å². The van der Waals surface area contributed by atoms with Crippen molar-refractivity contribution in [1.29, 1.82) is 0 Å². The van der Waals surface area contributed by atoms with Gasteiger partial charge >= 0.3 is 0 Å². The van der Waals surface area contributed by atoms with Gasteiger partial charge in [-0.1, -0.05) is 25.4 Å². The Kier molecular flexibility index (Phi) is 12.4. The number of hydrogen-bond donors (Lipinski definition) is 2. The van der Waals surface area contributed by atoms with E-state index in [1.54, 1.807) is 0 Å². The molecule has 1 aromatic rings. The molecule has 5 heteroatoms. The Morgan fingerprint density at radius 3 is 2.43 bits per heavy atom. The molecule has 1 aliphatic heterocycles. The molecule has 21 heavy (non-hydrogen) atoms. The molecule has 0 spiro atoms. The maximum Gasteiger partial charge on any atom is 0.124 e. The highest BCUT2D eigenvalue weighted by Gasteiger charge is 2.14. The molecular formula is C16H29ClN2O2. The van der Waals surface area contributed by atoms with Crippen molar-refractivity contribution < 1.29 is 9.84 Å². The average Bonchev–Trinajstić information content (AvgIpc) is 3.04. The summed E-state index contributed by atoms with van der Waals surface area (Å²) in [7, 11) is 1.50. The Morgan fingerprint density at radius 1 is 1.24 bits per heavy atom. The molecule has 0 radical (unpaired) electrons. The minimum atomic E-state index is 0.0335. The lowest BCUT2D eigenvalue weighted by molar-refractivity contribution is 0.198. The van der Waals surface area contributed by atoms with Gasteiger partial charge in [0.2, 0.25) is 0 Å². The van der Waals surface area contributed by atoms with E-state index in [2.05, 4.69) is 10.6 Å². The second-order valence-corrected chi connectivity index (χ2v) is 4.74. The van der Waals surface area contributed by atoms with Crippen LogP contribution in [0.4, 0.5) is 0 Å². The zero-order chi connectivity index (χ0) is 16.1. The number of nitrogens with zero attached hydrogens (tertiary/aromatic N) is 1. The molecule has 0 bridgehead atoms. The molecule has 1 fully saturated rings. The molecule has 3 N–H and O–H groups in total. The van der Waals surface area contributed by atoms with E-state index >= 15 is 0 Å². The molecule has 0 atom stereocenters. The third kappa shape index (κ3) is 7.67. The van der Waals surface area contributed by atoms with Crippen LogP contribution < -0.4 is 10.5 Å².